The number of nitrogens with one attached hydrogen (secondary N) is 2. The number of anilines is 1. The average Bonchev–Trinajstić information content (AvgIpc) is 3.67. The van der Waals surface area contributed by atoms with Crippen LogP contribution in [0.2, 0.25) is 0 Å². The molecular weight excluding hydrogens is 571 g/mol. The topological polar surface area (TPSA) is 115 Å². The molecule has 2 heterocycles. The first-order valence-corrected chi connectivity index (χ1v) is 15.6. The summed E-state index contributed by atoms with van der Waals surface area (Å²) in [5.41, 5.74) is 4.29. The zero-order valence-corrected chi connectivity index (χ0v) is 25.4. The van der Waals surface area contributed by atoms with Crippen LogP contribution < -0.4 is 10.6 Å². The fourth-order valence-electron chi connectivity index (χ4n) is 4.88. The second-order valence-corrected chi connectivity index (χ2v) is 12.5. The van der Waals surface area contributed by atoms with Gasteiger partial charge in [-0.05, 0) is 68.9 Å². The molecule has 1 aliphatic rings. The highest BCUT2D eigenvalue weighted by Gasteiger charge is 2.30. The minimum atomic E-state index is -0.551. The summed E-state index contributed by atoms with van der Waals surface area (Å²) in [7, 11) is 0. The van der Waals surface area contributed by atoms with Crippen LogP contribution >= 0.6 is 23.1 Å². The maximum absolute atomic E-state index is 13.4. The zero-order valence-electron chi connectivity index (χ0n) is 23.8. The van der Waals surface area contributed by atoms with Crippen molar-refractivity contribution in [1.29, 1.82) is 0 Å². The number of hydrogen-bond donors (Lipinski definition) is 2. The summed E-state index contributed by atoms with van der Waals surface area (Å²) >= 11 is 2.72. The Bertz CT molecular complexity index is 1600. The van der Waals surface area contributed by atoms with Crippen LogP contribution in [0.25, 0.3) is 5.69 Å². The number of fused-ring (bicyclic) bond motifs is 1. The van der Waals surface area contributed by atoms with Gasteiger partial charge in [0.25, 0.3) is 0 Å². The number of amides is 2. The molecular formula is C31H33N5O4S2. The van der Waals surface area contributed by atoms with Gasteiger partial charge in [0.05, 0.1) is 30.4 Å². The molecule has 0 spiro atoms. The van der Waals surface area contributed by atoms with Crippen molar-refractivity contribution in [3.63, 3.8) is 0 Å². The molecule has 0 saturated heterocycles. The number of carbonyl (C=O) groups excluding carboxylic acids is 3. The number of aromatic nitrogens is 3. The lowest BCUT2D eigenvalue weighted by molar-refractivity contribution is -0.120. The van der Waals surface area contributed by atoms with Crippen molar-refractivity contribution in [3.8, 4) is 5.69 Å². The molecule has 4 aromatic rings. The van der Waals surface area contributed by atoms with Crippen LogP contribution in [-0.2, 0) is 40.1 Å². The second-order valence-electron chi connectivity index (χ2n) is 10.0. The number of nitrogens with zero attached hydrogens (tertiary/aromatic N) is 3. The van der Waals surface area contributed by atoms with E-state index < -0.39 is 11.2 Å². The molecule has 1 unspecified atom stereocenters. The average molecular weight is 604 g/mol. The number of rotatable bonds is 11. The molecule has 218 valence electrons. The van der Waals surface area contributed by atoms with Gasteiger partial charge in [0.1, 0.15) is 5.00 Å². The van der Waals surface area contributed by atoms with Gasteiger partial charge in [0.15, 0.2) is 11.0 Å². The van der Waals surface area contributed by atoms with Crippen LogP contribution in [0.5, 0.6) is 0 Å². The molecule has 0 bridgehead atoms. The van der Waals surface area contributed by atoms with E-state index in [2.05, 4.69) is 20.8 Å². The summed E-state index contributed by atoms with van der Waals surface area (Å²) in [6.07, 6.45) is 2.97. The molecule has 0 saturated carbocycles. The Hall–Kier alpha value is -3.96. The van der Waals surface area contributed by atoms with Gasteiger partial charge in [0.2, 0.25) is 11.8 Å². The largest absolute Gasteiger partial charge is 0.462 e. The number of thiophene rings is 1. The minimum Gasteiger partial charge on any atom is -0.462 e. The van der Waals surface area contributed by atoms with Crippen LogP contribution in [-0.4, -0.2) is 44.4 Å². The molecule has 9 nitrogen and oxygen atoms in total. The number of benzene rings is 2. The van der Waals surface area contributed by atoms with Crippen LogP contribution in [0.3, 0.4) is 0 Å². The molecule has 0 radical (unpaired) electrons. The first kappa shape index (κ1) is 29.5. The Kier molecular flexibility index (Phi) is 9.38. The summed E-state index contributed by atoms with van der Waals surface area (Å²) in [5, 5.41) is 15.2. The quantitative estimate of drug-likeness (QED) is 0.177. The molecule has 1 aliphatic carbocycles. The first-order valence-electron chi connectivity index (χ1n) is 13.9. The van der Waals surface area contributed by atoms with Crippen LogP contribution in [0, 0.1) is 6.92 Å². The standard InChI is InChI=1S/C31H33N5O4S2/c1-4-40-30(39)27-23-14-9-15-24(23)42-29(27)33-28(38)20(3)41-31-35-34-25(36(31)22-13-8-10-19(2)16-22)18-32-26(37)17-21-11-6-5-7-12-21/h5-8,10-13,16,20H,4,9,14-15,17-18H2,1-3H3,(H,32,37)(H,33,38). The highest BCUT2D eigenvalue weighted by atomic mass is 32.2. The summed E-state index contributed by atoms with van der Waals surface area (Å²) in [4.78, 5) is 39.9. The van der Waals surface area contributed by atoms with Gasteiger partial charge < -0.3 is 15.4 Å². The summed E-state index contributed by atoms with van der Waals surface area (Å²) in [6.45, 7) is 6.01. The summed E-state index contributed by atoms with van der Waals surface area (Å²) < 4.78 is 7.17. The van der Waals surface area contributed by atoms with E-state index in [1.807, 2.05) is 66.1 Å². The molecule has 0 aliphatic heterocycles. The lowest BCUT2D eigenvalue weighted by atomic mass is 10.1. The Morgan fingerprint density at radius 1 is 1.10 bits per heavy atom. The number of esters is 1. The van der Waals surface area contributed by atoms with E-state index >= 15 is 0 Å². The Labute approximate surface area is 253 Å². The van der Waals surface area contributed by atoms with Crippen LogP contribution in [0.4, 0.5) is 5.00 Å². The lowest BCUT2D eigenvalue weighted by Gasteiger charge is -2.15. The lowest BCUT2D eigenvalue weighted by Crippen LogP contribution is -2.26. The SMILES string of the molecule is CCOC(=O)c1c(NC(=O)C(C)Sc2nnc(CNC(=O)Cc3ccccc3)n2-c2cccc(C)c2)sc2c1CCC2. The fourth-order valence-corrected chi connectivity index (χ4v) is 7.04. The monoisotopic (exact) mass is 603 g/mol. The molecule has 2 amide bonds. The third kappa shape index (κ3) is 6.74. The second kappa shape index (κ2) is 13.3. The van der Waals surface area contributed by atoms with Gasteiger partial charge in [-0.25, -0.2) is 4.79 Å². The third-order valence-corrected chi connectivity index (χ3v) is 9.15. The van der Waals surface area contributed by atoms with Gasteiger partial charge in [-0.15, -0.1) is 21.5 Å². The number of thioether (sulfide) groups is 1. The molecule has 2 aromatic heterocycles. The highest BCUT2D eigenvalue weighted by Crippen LogP contribution is 2.40. The predicted molar refractivity (Wildman–Crippen MR) is 164 cm³/mol. The molecule has 1 atom stereocenters. The minimum absolute atomic E-state index is 0.123. The van der Waals surface area contributed by atoms with E-state index in [0.717, 1.165) is 46.5 Å². The van der Waals surface area contributed by atoms with Gasteiger partial charge in [-0.1, -0.05) is 54.2 Å². The molecule has 0 fully saturated rings. The summed E-state index contributed by atoms with van der Waals surface area (Å²) in [6, 6.07) is 17.4. The smallest absolute Gasteiger partial charge is 0.341 e. The molecule has 42 heavy (non-hydrogen) atoms. The van der Waals surface area contributed by atoms with Crippen molar-refractivity contribution in [1.82, 2.24) is 20.1 Å². The van der Waals surface area contributed by atoms with E-state index in [4.69, 9.17) is 4.74 Å². The Balaban J connectivity index is 1.33. The Morgan fingerprint density at radius 2 is 1.90 bits per heavy atom. The van der Waals surface area contributed by atoms with E-state index in [0.29, 0.717) is 21.5 Å². The van der Waals surface area contributed by atoms with Crippen molar-refractivity contribution < 1.29 is 19.1 Å². The normalized spacial score (nSPS) is 12.9. The van der Waals surface area contributed by atoms with Crippen molar-refractivity contribution >= 4 is 45.9 Å². The third-order valence-electron chi connectivity index (χ3n) is 6.90. The van der Waals surface area contributed by atoms with Gasteiger partial charge in [0, 0.05) is 10.6 Å². The maximum atomic E-state index is 13.4. The number of carbonyl (C=O) groups is 3. The first-order chi connectivity index (χ1) is 20.3. The Morgan fingerprint density at radius 3 is 2.67 bits per heavy atom. The highest BCUT2D eigenvalue weighted by molar-refractivity contribution is 8.00. The van der Waals surface area contributed by atoms with Crippen molar-refractivity contribution in [2.75, 3.05) is 11.9 Å². The van der Waals surface area contributed by atoms with Crippen molar-refractivity contribution in [2.24, 2.45) is 0 Å². The number of aryl methyl sites for hydroxylation is 2. The summed E-state index contributed by atoms with van der Waals surface area (Å²) in [5.74, 6) is -0.216. The molecule has 11 heteroatoms. The van der Waals surface area contributed by atoms with Gasteiger partial charge in [-0.3, -0.25) is 14.2 Å². The van der Waals surface area contributed by atoms with E-state index in [9.17, 15) is 14.4 Å². The van der Waals surface area contributed by atoms with E-state index in [-0.39, 0.29) is 31.4 Å². The fraction of sp³-hybridized carbons (Fsp3) is 0.323. The number of hydrogen-bond acceptors (Lipinski definition) is 8. The maximum Gasteiger partial charge on any atom is 0.341 e. The zero-order chi connectivity index (χ0) is 29.6. The van der Waals surface area contributed by atoms with Crippen LogP contribution in [0.1, 0.15) is 58.0 Å². The van der Waals surface area contributed by atoms with Gasteiger partial charge in [-0.2, -0.15) is 0 Å². The van der Waals surface area contributed by atoms with Gasteiger partial charge >= 0.3 is 5.97 Å². The van der Waals surface area contributed by atoms with Crippen molar-refractivity contribution in [3.05, 3.63) is 87.6 Å². The molecule has 2 N–H and O–H groups in total. The predicted octanol–water partition coefficient (Wildman–Crippen LogP) is 5.28. The van der Waals surface area contributed by atoms with Crippen LogP contribution in [0.15, 0.2) is 59.8 Å². The van der Waals surface area contributed by atoms with E-state index in [1.54, 1.807) is 13.8 Å². The molecule has 2 aromatic carbocycles. The van der Waals surface area contributed by atoms with Crippen molar-refractivity contribution in [2.45, 2.75) is 63.4 Å². The molecule has 5 rings (SSSR count). The number of ether oxygens (including phenoxy) is 1. The van der Waals surface area contributed by atoms with E-state index in [1.165, 1.54) is 23.1 Å².